The molecule has 0 bridgehead atoms. The van der Waals surface area contributed by atoms with Crippen LogP contribution in [-0.2, 0) is 0 Å². The second kappa shape index (κ2) is 7.51. The molecule has 114 valence electrons. The van der Waals surface area contributed by atoms with Crippen molar-refractivity contribution < 1.29 is 8.78 Å². The molecule has 1 atom stereocenters. The Morgan fingerprint density at radius 2 is 1.75 bits per heavy atom. The average molecular weight is 348 g/mol. The van der Waals surface area contributed by atoms with Gasteiger partial charge < -0.3 is 5.32 Å². The highest BCUT2D eigenvalue weighted by molar-refractivity contribution is 9.10. The lowest BCUT2D eigenvalue weighted by Gasteiger charge is -2.25. The van der Waals surface area contributed by atoms with Crippen LogP contribution in [0.25, 0.3) is 0 Å². The second-order valence-corrected chi connectivity index (χ2v) is 7.30. The number of halogens is 3. The lowest BCUT2D eigenvalue weighted by Crippen LogP contribution is -2.25. The van der Waals surface area contributed by atoms with Gasteiger partial charge in [-0.3, -0.25) is 0 Å². The van der Waals surface area contributed by atoms with Gasteiger partial charge in [-0.25, -0.2) is 8.78 Å². The molecule has 0 aliphatic rings. The standard InChI is InChI=1S/C16H24BrF2N/c1-5-8-20-14(6-7-16(2,3)4)15-12(18)9-11(17)10-13(15)19/h9-10,14,20H,5-8H2,1-4H3. The van der Waals surface area contributed by atoms with Gasteiger partial charge in [-0.2, -0.15) is 0 Å². The van der Waals surface area contributed by atoms with Gasteiger partial charge in [0.05, 0.1) is 0 Å². The Bertz CT molecular complexity index is 418. The first kappa shape index (κ1) is 17.6. The minimum Gasteiger partial charge on any atom is -0.310 e. The van der Waals surface area contributed by atoms with Crippen LogP contribution in [0.5, 0.6) is 0 Å². The lowest BCUT2D eigenvalue weighted by molar-refractivity contribution is 0.324. The minimum absolute atomic E-state index is 0.147. The highest BCUT2D eigenvalue weighted by Crippen LogP contribution is 2.31. The van der Waals surface area contributed by atoms with E-state index in [2.05, 4.69) is 42.0 Å². The smallest absolute Gasteiger partial charge is 0.132 e. The third kappa shape index (κ3) is 5.49. The lowest BCUT2D eigenvalue weighted by atomic mass is 9.87. The van der Waals surface area contributed by atoms with Crippen LogP contribution >= 0.6 is 15.9 Å². The van der Waals surface area contributed by atoms with Crippen LogP contribution in [0, 0.1) is 17.0 Å². The van der Waals surface area contributed by atoms with Gasteiger partial charge in [-0.05, 0) is 43.4 Å². The summed E-state index contributed by atoms with van der Waals surface area (Å²) in [6.07, 6.45) is 2.56. The Balaban J connectivity index is 2.98. The molecule has 1 aromatic rings. The Kier molecular flexibility index (Phi) is 6.59. The van der Waals surface area contributed by atoms with Crippen LogP contribution in [0.1, 0.15) is 58.6 Å². The monoisotopic (exact) mass is 347 g/mol. The highest BCUT2D eigenvalue weighted by Gasteiger charge is 2.22. The molecule has 4 heteroatoms. The fraction of sp³-hybridized carbons (Fsp3) is 0.625. The van der Waals surface area contributed by atoms with Crippen LogP contribution in [-0.4, -0.2) is 6.54 Å². The highest BCUT2D eigenvalue weighted by atomic mass is 79.9. The van der Waals surface area contributed by atoms with Crippen molar-refractivity contribution in [2.75, 3.05) is 6.54 Å². The largest absolute Gasteiger partial charge is 0.310 e. The van der Waals surface area contributed by atoms with E-state index in [4.69, 9.17) is 0 Å². The van der Waals surface area contributed by atoms with E-state index in [1.54, 1.807) is 0 Å². The van der Waals surface area contributed by atoms with Crippen LogP contribution in [0.15, 0.2) is 16.6 Å². The van der Waals surface area contributed by atoms with Crippen molar-refractivity contribution in [1.29, 1.82) is 0 Å². The third-order valence-corrected chi connectivity index (χ3v) is 3.67. The van der Waals surface area contributed by atoms with Crippen LogP contribution < -0.4 is 5.32 Å². The Labute approximate surface area is 129 Å². The number of nitrogens with one attached hydrogen (secondary N) is 1. The molecule has 0 fully saturated rings. The number of hydrogen-bond donors (Lipinski definition) is 1. The summed E-state index contributed by atoms with van der Waals surface area (Å²) < 4.78 is 28.6. The molecule has 1 N–H and O–H groups in total. The first-order chi connectivity index (χ1) is 9.24. The topological polar surface area (TPSA) is 12.0 Å². The van der Waals surface area contributed by atoms with Crippen molar-refractivity contribution in [2.45, 2.75) is 53.0 Å². The summed E-state index contributed by atoms with van der Waals surface area (Å²) in [5.74, 6) is -0.973. The van der Waals surface area contributed by atoms with Crippen LogP contribution in [0.3, 0.4) is 0 Å². The summed E-state index contributed by atoms with van der Waals surface area (Å²) in [6.45, 7) is 9.21. The molecule has 0 spiro atoms. The van der Waals surface area contributed by atoms with E-state index in [9.17, 15) is 8.78 Å². The maximum absolute atomic E-state index is 14.1. The van der Waals surface area contributed by atoms with Gasteiger partial charge in [0.15, 0.2) is 0 Å². The molecular weight excluding hydrogens is 324 g/mol. The SMILES string of the molecule is CCCNC(CCC(C)(C)C)c1c(F)cc(Br)cc1F. The fourth-order valence-corrected chi connectivity index (χ4v) is 2.53. The molecule has 0 heterocycles. The quantitative estimate of drug-likeness (QED) is 0.706. The van der Waals surface area contributed by atoms with Gasteiger partial charge in [0, 0.05) is 16.1 Å². The zero-order valence-electron chi connectivity index (χ0n) is 12.7. The molecule has 0 radical (unpaired) electrons. The van der Waals surface area contributed by atoms with Crippen molar-refractivity contribution in [3.05, 3.63) is 33.8 Å². The van der Waals surface area contributed by atoms with E-state index in [0.717, 1.165) is 25.8 Å². The summed E-state index contributed by atoms with van der Waals surface area (Å²) in [5, 5.41) is 3.26. The van der Waals surface area contributed by atoms with Crippen LogP contribution in [0.2, 0.25) is 0 Å². The summed E-state index contributed by atoms with van der Waals surface area (Å²) in [4.78, 5) is 0. The zero-order valence-corrected chi connectivity index (χ0v) is 14.3. The molecule has 0 aliphatic carbocycles. The Morgan fingerprint density at radius 3 is 2.20 bits per heavy atom. The van der Waals surface area contributed by atoms with Crippen LogP contribution in [0.4, 0.5) is 8.78 Å². The molecule has 20 heavy (non-hydrogen) atoms. The fourth-order valence-electron chi connectivity index (χ4n) is 2.13. The van der Waals surface area contributed by atoms with Gasteiger partial charge >= 0.3 is 0 Å². The number of rotatable bonds is 6. The van der Waals surface area contributed by atoms with Crippen molar-refractivity contribution in [3.8, 4) is 0 Å². The molecule has 1 aromatic carbocycles. The van der Waals surface area contributed by atoms with Crippen molar-refractivity contribution in [1.82, 2.24) is 5.32 Å². The van der Waals surface area contributed by atoms with Crippen molar-refractivity contribution >= 4 is 15.9 Å². The van der Waals surface area contributed by atoms with E-state index in [-0.39, 0.29) is 17.0 Å². The Hall–Kier alpha value is -0.480. The van der Waals surface area contributed by atoms with Gasteiger partial charge in [0.2, 0.25) is 0 Å². The molecule has 0 aliphatic heterocycles. The first-order valence-electron chi connectivity index (χ1n) is 7.12. The zero-order chi connectivity index (χ0) is 15.3. The summed E-state index contributed by atoms with van der Waals surface area (Å²) in [7, 11) is 0. The molecule has 0 saturated carbocycles. The second-order valence-electron chi connectivity index (χ2n) is 6.39. The normalized spacial score (nSPS) is 13.6. The van der Waals surface area contributed by atoms with Gasteiger partial charge in [-0.1, -0.05) is 43.6 Å². The van der Waals surface area contributed by atoms with E-state index in [0.29, 0.717) is 4.47 Å². The van der Waals surface area contributed by atoms with Gasteiger partial charge in [0.25, 0.3) is 0 Å². The predicted octanol–water partition coefficient (Wildman–Crippen LogP) is 5.59. The summed E-state index contributed by atoms with van der Waals surface area (Å²) in [6, 6.07) is 2.38. The molecular formula is C16H24BrF2N. The van der Waals surface area contributed by atoms with E-state index < -0.39 is 11.6 Å². The van der Waals surface area contributed by atoms with E-state index in [1.807, 2.05) is 6.92 Å². The number of benzene rings is 1. The van der Waals surface area contributed by atoms with Crippen molar-refractivity contribution in [3.63, 3.8) is 0 Å². The first-order valence-corrected chi connectivity index (χ1v) is 7.91. The maximum Gasteiger partial charge on any atom is 0.132 e. The molecule has 1 nitrogen and oxygen atoms in total. The molecule has 1 rings (SSSR count). The summed E-state index contributed by atoms with van der Waals surface area (Å²) in [5.41, 5.74) is 0.306. The molecule has 0 amide bonds. The maximum atomic E-state index is 14.1. The van der Waals surface area contributed by atoms with Gasteiger partial charge in [-0.15, -0.1) is 0 Å². The molecule has 0 aromatic heterocycles. The Morgan fingerprint density at radius 1 is 1.20 bits per heavy atom. The average Bonchev–Trinajstić information content (AvgIpc) is 2.29. The number of hydrogen-bond acceptors (Lipinski definition) is 1. The summed E-state index contributed by atoms with van der Waals surface area (Å²) >= 11 is 3.12. The third-order valence-electron chi connectivity index (χ3n) is 3.22. The van der Waals surface area contributed by atoms with Crippen molar-refractivity contribution in [2.24, 2.45) is 5.41 Å². The van der Waals surface area contributed by atoms with E-state index >= 15 is 0 Å². The predicted molar refractivity (Wildman–Crippen MR) is 83.8 cm³/mol. The minimum atomic E-state index is -0.487. The molecule has 1 unspecified atom stereocenters. The molecule has 0 saturated heterocycles. The van der Waals surface area contributed by atoms with E-state index in [1.165, 1.54) is 12.1 Å². The van der Waals surface area contributed by atoms with Gasteiger partial charge in [0.1, 0.15) is 11.6 Å².